The number of allylic oxidation sites excluding steroid dienone is 3. The normalized spacial score (nSPS) is 16.4. The average molecular weight is 540 g/mol. The summed E-state index contributed by atoms with van der Waals surface area (Å²) in [5, 5.41) is 6.52. The van der Waals surface area contributed by atoms with Crippen molar-refractivity contribution in [3.05, 3.63) is 79.4 Å². The van der Waals surface area contributed by atoms with E-state index < -0.39 is 42.1 Å². The molecule has 34 heavy (non-hydrogen) atoms. The number of benzene rings is 1. The summed E-state index contributed by atoms with van der Waals surface area (Å²) >= 11 is 0. The summed E-state index contributed by atoms with van der Waals surface area (Å²) in [4.78, 5) is 3.73. The molecule has 1 aromatic rings. The van der Waals surface area contributed by atoms with Gasteiger partial charge in [0.15, 0.2) is 0 Å². The Balaban J connectivity index is -0.000000467. The van der Waals surface area contributed by atoms with Crippen LogP contribution in [0, 0.1) is 0 Å². The molecule has 0 saturated heterocycles. The molecule has 20 heteroatoms. The van der Waals surface area contributed by atoms with Crippen molar-refractivity contribution in [3.63, 3.8) is 0 Å². The van der Waals surface area contributed by atoms with Crippen LogP contribution < -0.4 is 59.1 Å². The Bertz CT molecular complexity index is 1200. The minimum absolute atomic E-state index is 0. The van der Waals surface area contributed by atoms with Gasteiger partial charge in [-0.3, -0.25) is 0 Å². The number of rotatable bonds is 6. The number of hydrogen-bond acceptors (Lipinski definition) is 8. The van der Waals surface area contributed by atoms with Crippen LogP contribution in [0.4, 0.5) is 0 Å². The summed E-state index contributed by atoms with van der Waals surface area (Å²) in [6.45, 7) is 0. The molecule has 178 valence electrons. The fraction of sp³-hybridized carbons (Fsp3) is 0.143. The number of nitrogens with zero attached hydrogens (tertiary/aromatic N) is 6. The smallest absolute Gasteiger partial charge is 0.744 e. The van der Waals surface area contributed by atoms with E-state index in [2.05, 4.69) is 20.1 Å². The standard InChI is InChI=1S/C14H12N6O6S2.2Na.4H2O/c15-19-17-14(18-20-16)8-7-11(13(9-14)28(24,25)26)6-5-10-3-1-2-4-12(10)27(21,22)23;;;;;;/h1-8H,9H2,(H,21,22,23)(H,24,25,26);;;4*1H2/q;2*+1;;;;/p-2. The monoisotopic (exact) mass is 540 g/mol. The van der Waals surface area contributed by atoms with Gasteiger partial charge < -0.3 is 31.0 Å². The SMILES string of the molecule is O.O.O.O.[N-]=[N+]=NC1(N=[N+]=[N-])C=CC(C=Cc2ccccc2S(=O)(=O)[O-])=C(S(=O)(=O)[O-])C1.[Na+].[Na+]. The largest absolute Gasteiger partial charge is 1.00 e. The van der Waals surface area contributed by atoms with Crippen molar-refractivity contribution in [2.45, 2.75) is 17.0 Å². The maximum absolute atomic E-state index is 11.6. The molecule has 0 aromatic heterocycles. The molecule has 0 radical (unpaired) electrons. The van der Waals surface area contributed by atoms with Crippen LogP contribution in [0.1, 0.15) is 12.0 Å². The van der Waals surface area contributed by atoms with E-state index in [9.17, 15) is 25.9 Å². The van der Waals surface area contributed by atoms with Gasteiger partial charge in [0.1, 0.15) is 25.9 Å². The molecule has 0 aliphatic heterocycles. The number of azide groups is 1. The zero-order chi connectivity index (χ0) is 21.0. The maximum atomic E-state index is 11.6. The first kappa shape index (κ1) is 42.8. The quantitative estimate of drug-likeness (QED) is 0.111. The molecule has 0 heterocycles. The fourth-order valence-electron chi connectivity index (χ4n) is 2.43. The van der Waals surface area contributed by atoms with Gasteiger partial charge in [-0.1, -0.05) is 52.7 Å². The van der Waals surface area contributed by atoms with Crippen LogP contribution in [0.2, 0.25) is 0 Å². The van der Waals surface area contributed by atoms with Crippen molar-refractivity contribution < 1.29 is 107 Å². The van der Waals surface area contributed by atoms with Crippen LogP contribution in [0.3, 0.4) is 0 Å². The second kappa shape index (κ2) is 17.2. The third-order valence-electron chi connectivity index (χ3n) is 3.64. The number of hydrogen-bond donors (Lipinski definition) is 0. The van der Waals surface area contributed by atoms with Crippen molar-refractivity contribution >= 4 is 26.3 Å². The molecule has 0 bridgehead atoms. The van der Waals surface area contributed by atoms with Gasteiger partial charge in [0.05, 0.1) is 4.90 Å². The van der Waals surface area contributed by atoms with E-state index in [0.29, 0.717) is 0 Å². The second-order valence-corrected chi connectivity index (χ2v) is 8.17. The first-order valence-electron chi connectivity index (χ1n) is 7.26. The Morgan fingerprint density at radius 3 is 1.82 bits per heavy atom. The molecule has 1 aliphatic carbocycles. The first-order chi connectivity index (χ1) is 13.0. The Morgan fingerprint density at radius 1 is 0.882 bits per heavy atom. The van der Waals surface area contributed by atoms with Crippen LogP contribution in [-0.4, -0.2) is 53.5 Å². The Morgan fingerprint density at radius 2 is 1.38 bits per heavy atom. The van der Waals surface area contributed by atoms with Crippen molar-refractivity contribution in [2.75, 3.05) is 0 Å². The molecule has 1 aliphatic rings. The maximum Gasteiger partial charge on any atom is 1.00 e. The summed E-state index contributed by atoms with van der Waals surface area (Å²) in [6, 6.07) is 5.18. The molecule has 8 N–H and O–H groups in total. The summed E-state index contributed by atoms with van der Waals surface area (Å²) in [7, 11) is -9.83. The molecule has 1 aromatic carbocycles. The topological polar surface area (TPSA) is 338 Å². The predicted molar refractivity (Wildman–Crippen MR) is 109 cm³/mol. The van der Waals surface area contributed by atoms with E-state index >= 15 is 0 Å². The van der Waals surface area contributed by atoms with Crippen LogP contribution in [0.25, 0.3) is 27.0 Å². The molecular formula is C14H18N6Na2O10S2. The third kappa shape index (κ3) is 11.0. The molecule has 2 rings (SSSR count). The Kier molecular flexibility index (Phi) is 21.7. The van der Waals surface area contributed by atoms with Gasteiger partial charge in [-0.15, -0.1) is 0 Å². The van der Waals surface area contributed by atoms with E-state index in [-0.39, 0.29) is 92.2 Å². The molecule has 0 saturated carbocycles. The van der Waals surface area contributed by atoms with Crippen molar-refractivity contribution in [1.29, 1.82) is 0 Å². The van der Waals surface area contributed by atoms with E-state index in [4.69, 9.17) is 11.1 Å². The average Bonchev–Trinajstić information content (AvgIpc) is 2.60. The van der Waals surface area contributed by atoms with Gasteiger partial charge in [0.2, 0.25) is 0 Å². The minimum Gasteiger partial charge on any atom is -0.744 e. The second-order valence-electron chi connectivity index (χ2n) is 5.43. The van der Waals surface area contributed by atoms with Gasteiger partial charge in [-0.25, -0.2) is 16.8 Å². The predicted octanol–water partition coefficient (Wildman–Crippen LogP) is -6.61. The van der Waals surface area contributed by atoms with Crippen LogP contribution in [-0.2, 0) is 20.2 Å². The van der Waals surface area contributed by atoms with Crippen molar-refractivity contribution in [1.82, 2.24) is 0 Å². The molecule has 16 nitrogen and oxygen atoms in total. The first-order valence-corrected chi connectivity index (χ1v) is 10.1. The molecule has 0 unspecified atom stereocenters. The molecule has 0 fully saturated rings. The minimum atomic E-state index is -5.05. The third-order valence-corrected chi connectivity index (χ3v) is 5.53. The van der Waals surface area contributed by atoms with Crippen LogP contribution >= 0.6 is 0 Å². The van der Waals surface area contributed by atoms with Crippen molar-refractivity contribution in [3.8, 4) is 0 Å². The fourth-order valence-corrected chi connectivity index (χ4v) is 3.92. The molecule has 0 spiro atoms. The Hall–Kier alpha value is -1.28. The van der Waals surface area contributed by atoms with E-state index in [1.807, 2.05) is 0 Å². The summed E-state index contributed by atoms with van der Waals surface area (Å²) in [5.74, 6) is 0. The van der Waals surface area contributed by atoms with Gasteiger partial charge in [-0.05, 0) is 28.3 Å². The van der Waals surface area contributed by atoms with Gasteiger partial charge in [0, 0.05) is 21.1 Å². The van der Waals surface area contributed by atoms with E-state index in [1.54, 1.807) is 0 Å². The molecule has 0 amide bonds. The summed E-state index contributed by atoms with van der Waals surface area (Å²) in [5.41, 5.74) is 15.1. The molecule has 0 atom stereocenters. The zero-order valence-corrected chi connectivity index (χ0v) is 23.4. The van der Waals surface area contributed by atoms with Gasteiger partial charge in [-0.2, -0.15) is 0 Å². The van der Waals surface area contributed by atoms with Crippen molar-refractivity contribution in [2.24, 2.45) is 10.2 Å². The van der Waals surface area contributed by atoms with E-state index in [1.165, 1.54) is 18.2 Å². The molecular weight excluding hydrogens is 522 g/mol. The van der Waals surface area contributed by atoms with E-state index in [0.717, 1.165) is 30.4 Å². The van der Waals surface area contributed by atoms with Gasteiger partial charge >= 0.3 is 59.1 Å². The van der Waals surface area contributed by atoms with Crippen LogP contribution in [0.5, 0.6) is 0 Å². The summed E-state index contributed by atoms with van der Waals surface area (Å²) in [6.07, 6.45) is 3.73. The van der Waals surface area contributed by atoms with Gasteiger partial charge in [0.25, 0.3) is 0 Å². The Labute approximate surface area is 238 Å². The van der Waals surface area contributed by atoms with Crippen LogP contribution in [0.15, 0.2) is 68.1 Å². The zero-order valence-electron chi connectivity index (χ0n) is 17.8. The summed E-state index contributed by atoms with van der Waals surface area (Å²) < 4.78 is 68.8.